The zero-order valence-corrected chi connectivity index (χ0v) is 13.9. The first-order valence-corrected chi connectivity index (χ1v) is 3.32. The molecule has 0 bridgehead atoms. The molecule has 0 spiro atoms. The van der Waals surface area contributed by atoms with Gasteiger partial charge < -0.3 is 12.3 Å². The molecule has 0 aromatic rings. The molecule has 0 aliphatic rings. The number of nitriles is 1. The van der Waals surface area contributed by atoms with Crippen LogP contribution in [0, 0.1) is 44.5 Å². The second kappa shape index (κ2) is 123. The van der Waals surface area contributed by atoms with Crippen molar-refractivity contribution < 1.29 is 48.8 Å². The number of hydrogen-bond donors (Lipinski definition) is 0. The van der Waals surface area contributed by atoms with Crippen molar-refractivity contribution in [2.75, 3.05) is 28.2 Å². The Morgan fingerprint density at radius 1 is 0.737 bits per heavy atom. The molecule has 0 aliphatic heterocycles. The molecule has 0 fully saturated rings. The molecule has 0 amide bonds. The summed E-state index contributed by atoms with van der Waals surface area (Å²) in [7, 11) is 12.7. The standard InChI is InChI=1S/C4H12N.CBN.5CO.W/c1-5(2,3)4;2-1-3;5*1-2;/h1-4H3;;;;;;;/q+1;-1;;;;;;. The number of rotatable bonds is 0. The minimum Gasteiger partial charge on any atom is 0 e. The molecule has 0 atom stereocenters. The zero-order chi connectivity index (χ0) is 17.2. The summed E-state index contributed by atoms with van der Waals surface area (Å²) < 4.78 is 38.5. The second-order valence-corrected chi connectivity index (χ2v) is 2.81. The van der Waals surface area contributed by atoms with E-state index in [4.69, 9.17) is 28.5 Å². The summed E-state index contributed by atoms with van der Waals surface area (Å²) in [6, 6.07) is 0. The van der Waals surface area contributed by atoms with Gasteiger partial charge in [-0.05, 0) is 0 Å². The van der Waals surface area contributed by atoms with E-state index in [1.54, 1.807) is 0 Å². The van der Waals surface area contributed by atoms with Crippen LogP contribution < -0.4 is 0 Å². The van der Waals surface area contributed by atoms with Gasteiger partial charge in [-0.2, -0.15) is 0 Å². The van der Waals surface area contributed by atoms with Crippen molar-refractivity contribution in [3.05, 3.63) is 33.3 Å². The summed E-state index contributed by atoms with van der Waals surface area (Å²) in [4.78, 5) is 0. The van der Waals surface area contributed by atoms with E-state index in [1.165, 1.54) is 5.97 Å². The van der Waals surface area contributed by atoms with E-state index in [0.717, 1.165) is 4.48 Å². The first-order valence-electron chi connectivity index (χ1n) is 3.32. The Morgan fingerprint density at radius 2 is 0.737 bits per heavy atom. The fourth-order valence-corrected chi connectivity index (χ4v) is 0. The Labute approximate surface area is 129 Å². The minimum absolute atomic E-state index is 0. The molecular formula is C10H12BN2O5W. The van der Waals surface area contributed by atoms with E-state index in [9.17, 15) is 0 Å². The minimum atomic E-state index is 0. The Balaban J connectivity index is -0.0000000129. The molecule has 19 heavy (non-hydrogen) atoms. The van der Waals surface area contributed by atoms with Crippen LogP contribution in [0.5, 0.6) is 0 Å². The van der Waals surface area contributed by atoms with Crippen LogP contribution in [0.2, 0.25) is 0 Å². The molecule has 0 saturated heterocycles. The Kier molecular flexibility index (Phi) is 337. The van der Waals surface area contributed by atoms with Crippen molar-refractivity contribution in [3.8, 4) is 5.97 Å². The first kappa shape index (κ1) is 52.2. The predicted octanol–water partition coefficient (Wildman–Crippen LogP) is -0.232. The quantitative estimate of drug-likeness (QED) is 0.222. The molecule has 0 aromatic heterocycles. The molecule has 0 heterocycles. The summed E-state index contributed by atoms with van der Waals surface area (Å²) >= 11 is 0. The summed E-state index contributed by atoms with van der Waals surface area (Å²) in [6.45, 7) is 22.5. The second-order valence-electron chi connectivity index (χ2n) is 2.81. The van der Waals surface area contributed by atoms with E-state index in [1.807, 2.05) is 0 Å². The van der Waals surface area contributed by atoms with E-state index >= 15 is 0 Å². The monoisotopic (exact) mass is 435 g/mol. The van der Waals surface area contributed by atoms with Crippen LogP contribution in [0.25, 0.3) is 0 Å². The molecule has 0 saturated carbocycles. The molecule has 0 rings (SSSR count). The molecule has 9 heteroatoms. The molecule has 101 valence electrons. The normalized spacial score (nSPS) is 4.11. The third-order valence-electron chi connectivity index (χ3n) is 0. The Hall–Kier alpha value is -1.10. The SMILES string of the molecule is C[N+](C)(C)C.[B-]C#N.[C-]#[O+].[C-]#[O+].[C-]#[O+].[C-]#[O+].[C-]#[O+].[W]. The van der Waals surface area contributed by atoms with Crippen molar-refractivity contribution in [2.24, 2.45) is 0 Å². The molecule has 0 aliphatic carbocycles. The molecule has 7 nitrogen and oxygen atoms in total. The number of nitrogens with zero attached hydrogens (tertiary/aromatic N) is 2. The molecular weight excluding hydrogens is 423 g/mol. The smallest absolute Gasteiger partial charge is 0 e. The maximum Gasteiger partial charge on any atom is 0 e. The molecule has 0 unspecified atom stereocenters. The molecule has 3 radical (unpaired) electrons. The van der Waals surface area contributed by atoms with Crippen LogP contribution in [-0.4, -0.2) is 40.5 Å². The summed E-state index contributed by atoms with van der Waals surface area (Å²) in [6.07, 6.45) is 0. The van der Waals surface area contributed by atoms with Crippen molar-refractivity contribution in [1.82, 2.24) is 0 Å². The Bertz CT molecular complexity index is 207. The molecule has 0 N–H and O–H groups in total. The van der Waals surface area contributed by atoms with Gasteiger partial charge in [0.2, 0.25) is 0 Å². The maximum atomic E-state index is 7.50. The van der Waals surface area contributed by atoms with E-state index in [0.29, 0.717) is 0 Å². The fourth-order valence-electron chi connectivity index (χ4n) is 0. The van der Waals surface area contributed by atoms with Gasteiger partial charge in [-0.3, -0.25) is 11.2 Å². The van der Waals surface area contributed by atoms with Gasteiger partial charge in [0.1, 0.15) is 0 Å². The van der Waals surface area contributed by atoms with Crippen molar-refractivity contribution >= 4 is 7.85 Å². The van der Waals surface area contributed by atoms with Gasteiger partial charge in [-0.15, -0.1) is 0 Å². The van der Waals surface area contributed by atoms with Crippen LogP contribution in [0.3, 0.4) is 0 Å². The van der Waals surface area contributed by atoms with Crippen LogP contribution in [0.4, 0.5) is 0 Å². The van der Waals surface area contributed by atoms with Gasteiger partial charge >= 0.3 is 56.5 Å². The largest absolute Gasteiger partial charge is 0 e. The topological polar surface area (TPSA) is 123 Å². The average Bonchev–Trinajstić information content (AvgIpc) is 2.40. The van der Waals surface area contributed by atoms with Crippen LogP contribution in [-0.2, 0) is 44.3 Å². The predicted molar refractivity (Wildman–Crippen MR) is 55.0 cm³/mol. The van der Waals surface area contributed by atoms with Gasteiger partial charge in [0, 0.05) is 21.1 Å². The zero-order valence-electron chi connectivity index (χ0n) is 10.9. The van der Waals surface area contributed by atoms with Gasteiger partial charge in [0.25, 0.3) is 0 Å². The Morgan fingerprint density at radius 3 is 0.737 bits per heavy atom. The van der Waals surface area contributed by atoms with Crippen molar-refractivity contribution in [2.45, 2.75) is 0 Å². The fraction of sp³-hybridized carbons (Fsp3) is 0.400. The van der Waals surface area contributed by atoms with Crippen molar-refractivity contribution in [1.29, 1.82) is 5.26 Å². The van der Waals surface area contributed by atoms with Gasteiger partial charge in [-0.1, -0.05) is 0 Å². The van der Waals surface area contributed by atoms with Crippen LogP contribution in [0.1, 0.15) is 0 Å². The number of quaternary nitrogens is 1. The third kappa shape index (κ3) is 3120. The van der Waals surface area contributed by atoms with Gasteiger partial charge in [0.05, 0.1) is 28.2 Å². The van der Waals surface area contributed by atoms with E-state index in [-0.39, 0.29) is 21.1 Å². The molecule has 0 aromatic carbocycles. The summed E-state index contributed by atoms with van der Waals surface area (Å²) in [5.41, 5.74) is 0. The number of hydrogen-bond acceptors (Lipinski definition) is 1. The van der Waals surface area contributed by atoms with Crippen LogP contribution in [0.15, 0.2) is 0 Å². The third-order valence-corrected chi connectivity index (χ3v) is 0. The maximum absolute atomic E-state index is 7.50. The first-order chi connectivity index (χ1) is 8.41. The van der Waals surface area contributed by atoms with Crippen LogP contribution >= 0.6 is 0 Å². The average molecular weight is 435 g/mol. The van der Waals surface area contributed by atoms with Crippen molar-refractivity contribution in [3.63, 3.8) is 0 Å². The van der Waals surface area contributed by atoms with Gasteiger partial charge in [0.15, 0.2) is 0 Å². The summed E-state index contributed by atoms with van der Waals surface area (Å²) in [5, 5.41) is 7.10. The van der Waals surface area contributed by atoms with Gasteiger partial charge in [-0.25, -0.2) is 0 Å². The van der Waals surface area contributed by atoms with E-state index in [2.05, 4.69) is 69.3 Å². The van der Waals surface area contributed by atoms with E-state index < -0.39 is 0 Å². The summed E-state index contributed by atoms with van der Waals surface area (Å²) in [5.74, 6) is 1.25.